The highest BCUT2D eigenvalue weighted by molar-refractivity contribution is 4.89. The van der Waals surface area contributed by atoms with Crippen molar-refractivity contribution < 1.29 is 8.78 Å². The van der Waals surface area contributed by atoms with E-state index < -0.39 is 13.0 Å². The maximum atomic E-state index is 12.2. The molecule has 0 aliphatic heterocycles. The maximum Gasteiger partial charge on any atom is 0.258 e. The van der Waals surface area contributed by atoms with Crippen molar-refractivity contribution >= 4 is 0 Å². The van der Waals surface area contributed by atoms with Gasteiger partial charge in [0.2, 0.25) is 0 Å². The van der Waals surface area contributed by atoms with Gasteiger partial charge >= 0.3 is 0 Å². The summed E-state index contributed by atoms with van der Waals surface area (Å²) in [5, 5.41) is 13.9. The molecular formula is C9H17F2N5. The summed E-state index contributed by atoms with van der Waals surface area (Å²) < 4.78 is 25.6. The van der Waals surface area contributed by atoms with Crippen LogP contribution in [0.1, 0.15) is 32.6 Å². The molecule has 1 rings (SSSR count). The van der Waals surface area contributed by atoms with Gasteiger partial charge in [-0.2, -0.15) is 0 Å². The Morgan fingerprint density at radius 2 is 2.00 bits per heavy atom. The molecule has 0 aliphatic rings. The Labute approximate surface area is 93.2 Å². The molecule has 1 unspecified atom stereocenters. The molecule has 0 aliphatic carbocycles. The van der Waals surface area contributed by atoms with Gasteiger partial charge in [0, 0.05) is 0 Å². The zero-order chi connectivity index (χ0) is 12.1. The van der Waals surface area contributed by atoms with Gasteiger partial charge in [-0.05, 0) is 29.8 Å². The first-order chi connectivity index (χ1) is 7.50. The Bertz CT molecular complexity index is 313. The Kier molecular flexibility index (Phi) is 4.72. The molecule has 0 saturated heterocycles. The fraction of sp³-hybridized carbons (Fsp3) is 0.889. The van der Waals surface area contributed by atoms with Crippen molar-refractivity contribution in [2.45, 2.75) is 39.8 Å². The zero-order valence-electron chi connectivity index (χ0n) is 9.69. The third kappa shape index (κ3) is 3.80. The molecule has 0 bridgehead atoms. The Morgan fingerprint density at radius 3 is 2.56 bits per heavy atom. The fourth-order valence-corrected chi connectivity index (χ4v) is 1.29. The first-order valence-corrected chi connectivity index (χ1v) is 5.28. The van der Waals surface area contributed by atoms with Crippen LogP contribution in [-0.2, 0) is 6.54 Å². The number of hydrogen-bond donors (Lipinski definition) is 1. The predicted molar refractivity (Wildman–Crippen MR) is 55.1 cm³/mol. The minimum Gasteiger partial charge on any atom is -0.307 e. The lowest BCUT2D eigenvalue weighted by Crippen LogP contribution is -2.26. The number of alkyl halides is 2. The summed E-state index contributed by atoms with van der Waals surface area (Å²) in [7, 11) is 0. The molecule has 7 heteroatoms. The van der Waals surface area contributed by atoms with E-state index in [4.69, 9.17) is 0 Å². The summed E-state index contributed by atoms with van der Waals surface area (Å²) in [4.78, 5) is 0. The van der Waals surface area contributed by atoms with E-state index in [1.165, 1.54) is 0 Å². The molecule has 0 aromatic carbocycles. The van der Waals surface area contributed by atoms with Crippen molar-refractivity contribution in [2.75, 3.05) is 6.54 Å². The number of rotatable bonds is 6. The minimum atomic E-state index is -2.44. The maximum absolute atomic E-state index is 12.2. The molecule has 1 aromatic heterocycles. The summed E-state index contributed by atoms with van der Waals surface area (Å²) in [5.41, 5.74) is 0. The minimum absolute atomic E-state index is 0.129. The number of aromatic nitrogens is 4. The van der Waals surface area contributed by atoms with Gasteiger partial charge in [-0.25, -0.2) is 13.5 Å². The molecule has 1 atom stereocenters. The van der Waals surface area contributed by atoms with Crippen LogP contribution in [0.3, 0.4) is 0 Å². The van der Waals surface area contributed by atoms with Crippen molar-refractivity contribution in [2.24, 2.45) is 5.92 Å². The van der Waals surface area contributed by atoms with Gasteiger partial charge in [-0.3, -0.25) is 0 Å². The molecule has 16 heavy (non-hydrogen) atoms. The van der Waals surface area contributed by atoms with Crippen LogP contribution >= 0.6 is 0 Å². The molecule has 1 aromatic rings. The largest absolute Gasteiger partial charge is 0.307 e. The molecular weight excluding hydrogens is 216 g/mol. The van der Waals surface area contributed by atoms with Gasteiger partial charge in [0.15, 0.2) is 5.82 Å². The van der Waals surface area contributed by atoms with Crippen molar-refractivity contribution in [3.05, 3.63) is 5.82 Å². The van der Waals surface area contributed by atoms with E-state index in [1.54, 1.807) is 0 Å². The highest BCUT2D eigenvalue weighted by Crippen LogP contribution is 2.09. The van der Waals surface area contributed by atoms with Gasteiger partial charge in [-0.1, -0.05) is 13.8 Å². The van der Waals surface area contributed by atoms with Crippen LogP contribution in [0.15, 0.2) is 0 Å². The third-order valence-electron chi connectivity index (χ3n) is 2.09. The Morgan fingerprint density at radius 1 is 1.31 bits per heavy atom. The van der Waals surface area contributed by atoms with Crippen LogP contribution in [0.5, 0.6) is 0 Å². The first-order valence-electron chi connectivity index (χ1n) is 5.28. The summed E-state index contributed by atoms with van der Waals surface area (Å²) in [6, 6.07) is -0.129. The Hall–Kier alpha value is -1.11. The van der Waals surface area contributed by atoms with Gasteiger partial charge in [-0.15, -0.1) is 5.10 Å². The average molecular weight is 233 g/mol. The summed E-state index contributed by atoms with van der Waals surface area (Å²) in [5.74, 6) is 0.933. The summed E-state index contributed by atoms with van der Waals surface area (Å²) in [6.45, 7) is 6.33. The van der Waals surface area contributed by atoms with E-state index in [-0.39, 0.29) is 6.04 Å². The van der Waals surface area contributed by atoms with Gasteiger partial charge in [0.1, 0.15) is 6.54 Å². The molecule has 0 fully saturated rings. The number of hydrogen-bond acceptors (Lipinski definition) is 4. The van der Waals surface area contributed by atoms with Crippen LogP contribution in [0.4, 0.5) is 8.78 Å². The molecule has 92 valence electrons. The lowest BCUT2D eigenvalue weighted by molar-refractivity contribution is 0.119. The number of halogens is 2. The van der Waals surface area contributed by atoms with Crippen molar-refractivity contribution in [3.8, 4) is 0 Å². The lowest BCUT2D eigenvalue weighted by atomic mass is 10.2. The molecule has 0 radical (unpaired) electrons. The molecule has 0 spiro atoms. The molecule has 0 amide bonds. The Balaban J connectivity index is 2.60. The highest BCUT2D eigenvalue weighted by atomic mass is 19.3. The van der Waals surface area contributed by atoms with Gasteiger partial charge < -0.3 is 5.32 Å². The van der Waals surface area contributed by atoms with Crippen LogP contribution in [-0.4, -0.2) is 33.2 Å². The highest BCUT2D eigenvalue weighted by Gasteiger charge is 2.16. The molecule has 0 saturated carbocycles. The van der Waals surface area contributed by atoms with Gasteiger partial charge in [0.05, 0.1) is 6.04 Å². The fourth-order valence-electron chi connectivity index (χ4n) is 1.29. The zero-order valence-corrected chi connectivity index (χ0v) is 9.69. The summed E-state index contributed by atoms with van der Waals surface area (Å²) >= 11 is 0. The van der Waals surface area contributed by atoms with Crippen LogP contribution in [0.25, 0.3) is 0 Å². The van der Waals surface area contributed by atoms with Crippen LogP contribution < -0.4 is 5.32 Å². The van der Waals surface area contributed by atoms with Crippen molar-refractivity contribution in [1.82, 2.24) is 25.5 Å². The lowest BCUT2D eigenvalue weighted by Gasteiger charge is -2.14. The second kappa shape index (κ2) is 5.83. The number of nitrogens with zero attached hydrogens (tertiary/aromatic N) is 4. The third-order valence-corrected chi connectivity index (χ3v) is 2.09. The molecule has 5 nitrogen and oxygen atoms in total. The smallest absolute Gasteiger partial charge is 0.258 e. The van der Waals surface area contributed by atoms with E-state index in [1.807, 2.05) is 6.92 Å². The van der Waals surface area contributed by atoms with Crippen LogP contribution in [0, 0.1) is 5.92 Å². The second-order valence-corrected chi connectivity index (χ2v) is 4.13. The molecule has 1 N–H and O–H groups in total. The first kappa shape index (κ1) is 13.0. The van der Waals surface area contributed by atoms with Gasteiger partial charge in [0.25, 0.3) is 6.43 Å². The van der Waals surface area contributed by atoms with Crippen LogP contribution in [0.2, 0.25) is 0 Å². The van der Waals surface area contributed by atoms with E-state index in [9.17, 15) is 8.78 Å². The van der Waals surface area contributed by atoms with E-state index in [0.29, 0.717) is 11.7 Å². The quantitative estimate of drug-likeness (QED) is 0.803. The second-order valence-electron chi connectivity index (χ2n) is 4.13. The van der Waals surface area contributed by atoms with Crippen molar-refractivity contribution in [1.29, 1.82) is 0 Å². The standard InChI is InChI=1S/C9H17F2N5/c1-6(2)4-12-7(3)9-13-14-15-16(9)5-8(10)11/h6-8,12H,4-5H2,1-3H3. The number of nitrogens with one attached hydrogen (secondary N) is 1. The predicted octanol–water partition coefficient (Wildman–Crippen LogP) is 1.24. The van der Waals surface area contributed by atoms with E-state index in [2.05, 4.69) is 34.7 Å². The summed E-state index contributed by atoms with van der Waals surface area (Å²) in [6.07, 6.45) is -2.44. The van der Waals surface area contributed by atoms with E-state index >= 15 is 0 Å². The number of tetrazole rings is 1. The monoisotopic (exact) mass is 233 g/mol. The average Bonchev–Trinajstić information content (AvgIpc) is 2.61. The topological polar surface area (TPSA) is 55.6 Å². The van der Waals surface area contributed by atoms with E-state index in [0.717, 1.165) is 11.2 Å². The SMILES string of the molecule is CC(C)CNC(C)c1nnnn1CC(F)F. The van der Waals surface area contributed by atoms with Crippen molar-refractivity contribution in [3.63, 3.8) is 0 Å². The normalized spacial score (nSPS) is 13.7. The molecule has 1 heterocycles.